The number of anilines is 2. The Morgan fingerprint density at radius 2 is 1.92 bits per heavy atom. The summed E-state index contributed by atoms with van der Waals surface area (Å²) in [5.74, 6) is 0. The average molecular weight is 179 g/mol. The fourth-order valence-corrected chi connectivity index (χ4v) is 1.19. The zero-order valence-electron chi connectivity index (χ0n) is 8.25. The molecule has 3 nitrogen and oxygen atoms in total. The van der Waals surface area contributed by atoms with Crippen molar-refractivity contribution < 1.29 is 0 Å². The van der Waals surface area contributed by atoms with Crippen molar-refractivity contribution in [3.63, 3.8) is 0 Å². The van der Waals surface area contributed by atoms with Gasteiger partial charge in [0.2, 0.25) is 0 Å². The molecule has 0 aliphatic heterocycles. The molecule has 0 heterocycles. The van der Waals surface area contributed by atoms with Crippen LogP contribution in [0.1, 0.15) is 5.56 Å². The van der Waals surface area contributed by atoms with Gasteiger partial charge in [-0.3, -0.25) is 0 Å². The quantitative estimate of drug-likeness (QED) is 0.679. The number of benzene rings is 1. The summed E-state index contributed by atoms with van der Waals surface area (Å²) >= 11 is 0. The lowest BCUT2D eigenvalue weighted by molar-refractivity contribution is 0.414. The SMILES string of the molecule is CN(C)CCc1ccc(N)cc1N. The van der Waals surface area contributed by atoms with Gasteiger partial charge in [0.05, 0.1) is 0 Å². The lowest BCUT2D eigenvalue weighted by atomic mass is 10.1. The minimum Gasteiger partial charge on any atom is -0.399 e. The second-order valence-electron chi connectivity index (χ2n) is 3.51. The van der Waals surface area contributed by atoms with Gasteiger partial charge in [-0.2, -0.15) is 0 Å². The number of hydrogen-bond acceptors (Lipinski definition) is 3. The van der Waals surface area contributed by atoms with E-state index in [1.807, 2.05) is 32.3 Å². The molecule has 3 heteroatoms. The summed E-state index contributed by atoms with van der Waals surface area (Å²) in [6.45, 7) is 1.01. The highest BCUT2D eigenvalue weighted by Gasteiger charge is 1.99. The molecule has 0 atom stereocenters. The van der Waals surface area contributed by atoms with Crippen molar-refractivity contribution >= 4 is 11.4 Å². The topological polar surface area (TPSA) is 55.3 Å². The van der Waals surface area contributed by atoms with Gasteiger partial charge >= 0.3 is 0 Å². The van der Waals surface area contributed by atoms with Gasteiger partial charge in [-0.15, -0.1) is 0 Å². The van der Waals surface area contributed by atoms with Crippen LogP contribution in [0, 0.1) is 0 Å². The van der Waals surface area contributed by atoms with E-state index in [1.54, 1.807) is 0 Å². The third-order valence-corrected chi connectivity index (χ3v) is 2.00. The second kappa shape index (κ2) is 4.14. The van der Waals surface area contributed by atoms with E-state index in [-0.39, 0.29) is 0 Å². The Morgan fingerprint density at radius 1 is 1.23 bits per heavy atom. The Kier molecular flexibility index (Phi) is 3.14. The first-order valence-corrected chi connectivity index (χ1v) is 4.38. The molecule has 0 saturated carbocycles. The van der Waals surface area contributed by atoms with Crippen LogP contribution in [0.15, 0.2) is 18.2 Å². The third kappa shape index (κ3) is 2.95. The van der Waals surface area contributed by atoms with Gasteiger partial charge in [-0.25, -0.2) is 0 Å². The number of rotatable bonds is 3. The standard InChI is InChI=1S/C10H17N3/c1-13(2)6-5-8-3-4-9(11)7-10(8)12/h3-4,7H,5-6,11-12H2,1-2H3. The molecule has 4 N–H and O–H groups in total. The highest BCUT2D eigenvalue weighted by atomic mass is 15.0. The highest BCUT2D eigenvalue weighted by molar-refractivity contribution is 5.56. The van der Waals surface area contributed by atoms with Crippen molar-refractivity contribution in [1.29, 1.82) is 0 Å². The van der Waals surface area contributed by atoms with Crippen LogP contribution >= 0.6 is 0 Å². The van der Waals surface area contributed by atoms with Crippen LogP contribution in [0.2, 0.25) is 0 Å². The molecule has 0 unspecified atom stereocenters. The Hall–Kier alpha value is -1.22. The van der Waals surface area contributed by atoms with Crippen molar-refractivity contribution in [2.24, 2.45) is 0 Å². The first-order chi connectivity index (χ1) is 6.09. The molecule has 1 rings (SSSR count). The molecule has 1 aromatic rings. The molecule has 72 valence electrons. The number of nitrogen functional groups attached to an aromatic ring is 2. The van der Waals surface area contributed by atoms with E-state index in [9.17, 15) is 0 Å². The number of hydrogen-bond donors (Lipinski definition) is 2. The predicted molar refractivity (Wildman–Crippen MR) is 57.5 cm³/mol. The monoisotopic (exact) mass is 179 g/mol. The third-order valence-electron chi connectivity index (χ3n) is 2.00. The van der Waals surface area contributed by atoms with Gasteiger partial charge in [0, 0.05) is 17.9 Å². The van der Waals surface area contributed by atoms with Gasteiger partial charge in [-0.05, 0) is 38.2 Å². The Labute approximate surface area is 79.3 Å². The molecule has 0 amide bonds. The van der Waals surface area contributed by atoms with Crippen LogP contribution in [0.25, 0.3) is 0 Å². The predicted octanol–water partition coefficient (Wildman–Crippen LogP) is 0.955. The van der Waals surface area contributed by atoms with Gasteiger partial charge < -0.3 is 16.4 Å². The molecule has 13 heavy (non-hydrogen) atoms. The van der Waals surface area contributed by atoms with Crippen LogP contribution in [0.4, 0.5) is 11.4 Å². The minimum atomic E-state index is 0.728. The molecule has 0 fully saturated rings. The summed E-state index contributed by atoms with van der Waals surface area (Å²) in [7, 11) is 4.10. The van der Waals surface area contributed by atoms with Crippen LogP contribution in [0.3, 0.4) is 0 Å². The summed E-state index contributed by atoms with van der Waals surface area (Å²) in [6, 6.07) is 5.69. The Morgan fingerprint density at radius 3 is 2.46 bits per heavy atom. The summed E-state index contributed by atoms with van der Waals surface area (Å²) < 4.78 is 0. The largest absolute Gasteiger partial charge is 0.399 e. The molecular formula is C10H17N3. The van der Waals surface area contributed by atoms with Crippen LogP contribution in [0.5, 0.6) is 0 Å². The second-order valence-corrected chi connectivity index (χ2v) is 3.51. The fourth-order valence-electron chi connectivity index (χ4n) is 1.19. The minimum absolute atomic E-state index is 0.728. The summed E-state index contributed by atoms with van der Waals surface area (Å²) in [5, 5.41) is 0. The maximum absolute atomic E-state index is 5.81. The number of nitrogens with two attached hydrogens (primary N) is 2. The van der Waals surface area contributed by atoms with E-state index in [0.29, 0.717) is 0 Å². The molecule has 1 aromatic carbocycles. The van der Waals surface area contributed by atoms with Crippen molar-refractivity contribution in [3.8, 4) is 0 Å². The lowest BCUT2D eigenvalue weighted by Gasteiger charge is -2.11. The van der Waals surface area contributed by atoms with Crippen molar-refractivity contribution in [1.82, 2.24) is 4.90 Å². The summed E-state index contributed by atoms with van der Waals surface area (Å²) in [5.41, 5.74) is 14.1. The van der Waals surface area contributed by atoms with Crippen molar-refractivity contribution in [3.05, 3.63) is 23.8 Å². The Bertz CT molecular complexity index is 281. The van der Waals surface area contributed by atoms with Gasteiger partial charge in [0.25, 0.3) is 0 Å². The average Bonchev–Trinajstić information content (AvgIpc) is 2.02. The van der Waals surface area contributed by atoms with E-state index in [1.165, 1.54) is 5.56 Å². The van der Waals surface area contributed by atoms with E-state index in [2.05, 4.69) is 4.90 Å². The van der Waals surface area contributed by atoms with Crippen molar-refractivity contribution in [2.75, 3.05) is 32.1 Å². The van der Waals surface area contributed by atoms with Crippen molar-refractivity contribution in [2.45, 2.75) is 6.42 Å². The molecule has 0 aromatic heterocycles. The van der Waals surface area contributed by atoms with Crippen LogP contribution in [-0.4, -0.2) is 25.5 Å². The molecule has 0 spiro atoms. The first-order valence-electron chi connectivity index (χ1n) is 4.38. The smallest absolute Gasteiger partial charge is 0.0367 e. The van der Waals surface area contributed by atoms with Crippen LogP contribution in [-0.2, 0) is 6.42 Å². The Balaban J connectivity index is 2.67. The first kappa shape index (κ1) is 9.86. The molecule has 0 radical (unpaired) electrons. The maximum Gasteiger partial charge on any atom is 0.0367 e. The molecule has 0 aliphatic carbocycles. The normalized spacial score (nSPS) is 10.7. The van der Waals surface area contributed by atoms with E-state index >= 15 is 0 Å². The fraction of sp³-hybridized carbons (Fsp3) is 0.400. The lowest BCUT2D eigenvalue weighted by Crippen LogP contribution is -2.15. The molecular weight excluding hydrogens is 162 g/mol. The van der Waals surface area contributed by atoms with E-state index in [4.69, 9.17) is 11.5 Å². The van der Waals surface area contributed by atoms with Gasteiger partial charge in [-0.1, -0.05) is 6.07 Å². The van der Waals surface area contributed by atoms with Gasteiger partial charge in [0.1, 0.15) is 0 Å². The highest BCUT2D eigenvalue weighted by Crippen LogP contribution is 2.15. The summed E-state index contributed by atoms with van der Waals surface area (Å²) in [4.78, 5) is 2.13. The zero-order chi connectivity index (χ0) is 9.84. The van der Waals surface area contributed by atoms with Crippen LogP contribution < -0.4 is 11.5 Å². The molecule has 0 aliphatic rings. The maximum atomic E-state index is 5.81. The number of likely N-dealkylation sites (N-methyl/N-ethyl adjacent to an activating group) is 1. The molecule has 0 bridgehead atoms. The van der Waals surface area contributed by atoms with E-state index in [0.717, 1.165) is 24.3 Å². The summed E-state index contributed by atoms with van der Waals surface area (Å²) in [6.07, 6.45) is 0.971. The zero-order valence-corrected chi connectivity index (χ0v) is 8.25. The van der Waals surface area contributed by atoms with E-state index < -0.39 is 0 Å². The number of nitrogens with zero attached hydrogens (tertiary/aromatic N) is 1. The van der Waals surface area contributed by atoms with Gasteiger partial charge in [0.15, 0.2) is 0 Å². The molecule has 0 saturated heterocycles.